The van der Waals surface area contributed by atoms with Crippen LogP contribution >= 0.6 is 0 Å². The number of amides is 1. The predicted octanol–water partition coefficient (Wildman–Crippen LogP) is 12.8. The van der Waals surface area contributed by atoms with Gasteiger partial charge >= 0.3 is 5.97 Å². The van der Waals surface area contributed by atoms with Crippen LogP contribution in [0.15, 0.2) is 85.1 Å². The number of allylic oxidation sites excluding steroid dienone is 14. The Bertz CT molecular complexity index is 1080. The molecular weight excluding hydrogens is 683 g/mol. The van der Waals surface area contributed by atoms with Gasteiger partial charge in [0.15, 0.2) is 0 Å². The van der Waals surface area contributed by atoms with E-state index in [-0.39, 0.29) is 24.9 Å². The van der Waals surface area contributed by atoms with Crippen molar-refractivity contribution in [2.45, 2.75) is 206 Å². The molecule has 0 rings (SSSR count). The van der Waals surface area contributed by atoms with Crippen LogP contribution < -0.4 is 5.32 Å². The van der Waals surface area contributed by atoms with Crippen LogP contribution in [0.2, 0.25) is 0 Å². The van der Waals surface area contributed by atoms with Crippen molar-refractivity contribution in [2.24, 2.45) is 0 Å². The van der Waals surface area contributed by atoms with Gasteiger partial charge in [0.25, 0.3) is 0 Å². The molecule has 0 bridgehead atoms. The molecule has 0 aromatic heterocycles. The lowest BCUT2D eigenvalue weighted by molar-refractivity contribution is -0.151. The van der Waals surface area contributed by atoms with Crippen molar-refractivity contribution >= 4 is 11.9 Å². The molecule has 3 unspecified atom stereocenters. The molecule has 3 atom stereocenters. The van der Waals surface area contributed by atoms with Crippen LogP contribution in [0.4, 0.5) is 0 Å². The van der Waals surface area contributed by atoms with Gasteiger partial charge in [-0.3, -0.25) is 9.59 Å². The highest BCUT2D eigenvalue weighted by Gasteiger charge is 2.24. The van der Waals surface area contributed by atoms with Crippen molar-refractivity contribution in [2.75, 3.05) is 6.61 Å². The Hall–Kier alpha value is -2.96. The maximum atomic E-state index is 13.1. The van der Waals surface area contributed by atoms with Crippen molar-refractivity contribution in [1.82, 2.24) is 5.32 Å². The van der Waals surface area contributed by atoms with Crippen LogP contribution in [-0.2, 0) is 14.3 Å². The van der Waals surface area contributed by atoms with Gasteiger partial charge in [-0.1, -0.05) is 196 Å². The Kier molecular flexibility index (Phi) is 39.9. The highest BCUT2D eigenvalue weighted by molar-refractivity contribution is 5.77. The first-order valence-electron chi connectivity index (χ1n) is 22.4. The van der Waals surface area contributed by atoms with E-state index in [4.69, 9.17) is 4.74 Å². The topological polar surface area (TPSA) is 95.9 Å². The van der Waals surface area contributed by atoms with E-state index in [1.54, 1.807) is 0 Å². The second kappa shape index (κ2) is 42.2. The molecule has 6 nitrogen and oxygen atoms in total. The van der Waals surface area contributed by atoms with Crippen LogP contribution in [0.3, 0.4) is 0 Å². The van der Waals surface area contributed by atoms with Gasteiger partial charge in [-0.05, 0) is 64.2 Å². The molecule has 0 aliphatic heterocycles. The predicted molar refractivity (Wildman–Crippen MR) is 236 cm³/mol. The number of aliphatic hydroxyl groups excluding tert-OH is 2. The third-order valence-electron chi connectivity index (χ3n) is 9.63. The number of carbonyl (C=O) groups is 2. The summed E-state index contributed by atoms with van der Waals surface area (Å²) in [6.45, 7) is 6.16. The zero-order valence-corrected chi connectivity index (χ0v) is 35.5. The first-order chi connectivity index (χ1) is 27.0. The van der Waals surface area contributed by atoms with Crippen LogP contribution in [0.5, 0.6) is 0 Å². The molecule has 0 saturated carbocycles. The normalized spacial score (nSPS) is 14.2. The third kappa shape index (κ3) is 37.7. The highest BCUT2D eigenvalue weighted by Crippen LogP contribution is 2.17. The summed E-state index contributed by atoms with van der Waals surface area (Å²) < 4.78 is 5.87. The molecule has 1 amide bonds. The Labute approximate surface area is 338 Å². The molecule has 0 aromatic rings. The number of hydrogen-bond donors (Lipinski definition) is 3. The third-order valence-corrected chi connectivity index (χ3v) is 9.63. The Morgan fingerprint density at radius 1 is 0.545 bits per heavy atom. The van der Waals surface area contributed by atoms with E-state index in [1.807, 2.05) is 30.4 Å². The minimum absolute atomic E-state index is 0.0430. The fourth-order valence-corrected chi connectivity index (χ4v) is 6.26. The number of ether oxygens (including phenoxy) is 1. The largest absolute Gasteiger partial charge is 0.462 e. The quantitative estimate of drug-likeness (QED) is 0.0330. The fourth-order valence-electron chi connectivity index (χ4n) is 6.26. The van der Waals surface area contributed by atoms with Crippen molar-refractivity contribution in [3.63, 3.8) is 0 Å². The molecule has 0 spiro atoms. The van der Waals surface area contributed by atoms with Gasteiger partial charge in [0.1, 0.15) is 6.10 Å². The second-order valence-corrected chi connectivity index (χ2v) is 14.8. The van der Waals surface area contributed by atoms with Gasteiger partial charge in [-0.25, -0.2) is 0 Å². The van der Waals surface area contributed by atoms with Gasteiger partial charge in [0, 0.05) is 6.42 Å². The van der Waals surface area contributed by atoms with Crippen LogP contribution in [0.25, 0.3) is 0 Å². The molecule has 0 saturated heterocycles. The zero-order valence-electron chi connectivity index (χ0n) is 35.5. The molecule has 55 heavy (non-hydrogen) atoms. The molecule has 3 N–H and O–H groups in total. The maximum absolute atomic E-state index is 13.1. The average molecular weight is 766 g/mol. The summed E-state index contributed by atoms with van der Waals surface area (Å²) in [5.74, 6) is -0.551. The minimum Gasteiger partial charge on any atom is -0.462 e. The van der Waals surface area contributed by atoms with E-state index in [1.165, 1.54) is 44.9 Å². The molecular formula is C49H83NO5. The van der Waals surface area contributed by atoms with Crippen molar-refractivity contribution < 1.29 is 24.5 Å². The summed E-state index contributed by atoms with van der Waals surface area (Å²) in [6.07, 6.45) is 53.5. The van der Waals surface area contributed by atoms with Crippen molar-refractivity contribution in [3.05, 3.63) is 85.1 Å². The van der Waals surface area contributed by atoms with Crippen LogP contribution in [0, 0.1) is 0 Å². The molecule has 6 heteroatoms. The van der Waals surface area contributed by atoms with E-state index < -0.39 is 18.2 Å². The molecule has 0 aromatic carbocycles. The van der Waals surface area contributed by atoms with Gasteiger partial charge in [0.05, 0.1) is 25.2 Å². The summed E-state index contributed by atoms with van der Waals surface area (Å²) in [5.41, 5.74) is 0. The van der Waals surface area contributed by atoms with Crippen LogP contribution in [0.1, 0.15) is 188 Å². The smallest absolute Gasteiger partial charge is 0.306 e. The number of nitrogens with one attached hydrogen (secondary N) is 1. The summed E-state index contributed by atoms with van der Waals surface area (Å²) in [5, 5.41) is 23.6. The van der Waals surface area contributed by atoms with Gasteiger partial charge in [-0.2, -0.15) is 0 Å². The molecule has 0 aliphatic carbocycles. The van der Waals surface area contributed by atoms with E-state index in [2.05, 4.69) is 80.8 Å². The van der Waals surface area contributed by atoms with Crippen LogP contribution in [-0.4, -0.2) is 46.9 Å². The summed E-state index contributed by atoms with van der Waals surface area (Å²) in [7, 11) is 0. The molecule has 0 radical (unpaired) electrons. The minimum atomic E-state index is -0.802. The maximum Gasteiger partial charge on any atom is 0.306 e. The molecule has 314 valence electrons. The van der Waals surface area contributed by atoms with Gasteiger partial charge in [0.2, 0.25) is 5.91 Å². The van der Waals surface area contributed by atoms with E-state index >= 15 is 0 Å². The average Bonchev–Trinajstić information content (AvgIpc) is 3.18. The molecule has 0 fully saturated rings. The standard InChI is InChI=1S/C49H83NO5/c1-4-7-10-13-16-19-22-24-26-28-31-34-37-40-45(55-49(54)42-39-36-33-30-27-25-23-20-17-14-11-8-5-2)43-48(53)50-46(44-51)47(52)41-38-35-32-29-21-18-15-12-9-6-3/h7-8,10-11,13-14,16-17,19-20,22-23,25,27,45-47,51-52H,4-6,9,12,15,18,21,24,26,28-44H2,1-3H3,(H,50,53)/b10-7+,11-8+,16-13+,17-14+,22-19+,23-20-,27-25-. The lowest BCUT2D eigenvalue weighted by atomic mass is 10.0. The number of esters is 1. The Morgan fingerprint density at radius 2 is 0.982 bits per heavy atom. The number of rotatable bonds is 38. The van der Waals surface area contributed by atoms with Gasteiger partial charge < -0.3 is 20.3 Å². The fraction of sp³-hybridized carbons (Fsp3) is 0.673. The molecule has 0 heterocycles. The number of aliphatic hydroxyl groups is 2. The first kappa shape index (κ1) is 52.0. The monoisotopic (exact) mass is 766 g/mol. The summed E-state index contributed by atoms with van der Waals surface area (Å²) >= 11 is 0. The lowest BCUT2D eigenvalue weighted by Gasteiger charge is -2.24. The number of carbonyl (C=O) groups excluding carboxylic acids is 2. The summed E-state index contributed by atoms with van der Waals surface area (Å²) in [4.78, 5) is 26.0. The Balaban J connectivity index is 4.74. The van der Waals surface area contributed by atoms with E-state index in [0.717, 1.165) is 96.3 Å². The van der Waals surface area contributed by atoms with Crippen molar-refractivity contribution in [3.8, 4) is 0 Å². The van der Waals surface area contributed by atoms with E-state index in [9.17, 15) is 19.8 Å². The molecule has 0 aliphatic rings. The van der Waals surface area contributed by atoms with E-state index in [0.29, 0.717) is 19.3 Å². The van der Waals surface area contributed by atoms with Crippen molar-refractivity contribution in [1.29, 1.82) is 0 Å². The first-order valence-corrected chi connectivity index (χ1v) is 22.4. The zero-order chi connectivity index (χ0) is 40.3. The number of unbranched alkanes of at least 4 members (excludes halogenated alkanes) is 17. The van der Waals surface area contributed by atoms with Gasteiger partial charge in [-0.15, -0.1) is 0 Å². The Morgan fingerprint density at radius 3 is 1.49 bits per heavy atom. The SMILES string of the molecule is CC/C=C/C=C/C=C\C=C/CCCCCC(=O)OC(CCCCCCC/C=C/C=C/C=C/CC)CC(=O)NC(CO)C(O)CCCCCCCCCCCC. The lowest BCUT2D eigenvalue weighted by Crippen LogP contribution is -2.46. The highest BCUT2D eigenvalue weighted by atomic mass is 16.5. The number of hydrogen-bond acceptors (Lipinski definition) is 5. The summed E-state index contributed by atoms with van der Waals surface area (Å²) in [6, 6.07) is -0.719. The second-order valence-electron chi connectivity index (χ2n) is 14.8.